The summed E-state index contributed by atoms with van der Waals surface area (Å²) in [5.41, 5.74) is 0.865. The number of aromatic nitrogens is 1. The molecule has 0 radical (unpaired) electrons. The van der Waals surface area contributed by atoms with E-state index in [2.05, 4.69) is 16.7 Å². The first-order chi connectivity index (χ1) is 13.5. The zero-order valence-corrected chi connectivity index (χ0v) is 16.8. The van der Waals surface area contributed by atoms with Crippen molar-refractivity contribution < 1.29 is 14.5 Å². The van der Waals surface area contributed by atoms with Crippen LogP contribution in [-0.2, 0) is 0 Å². The van der Waals surface area contributed by atoms with Crippen molar-refractivity contribution in [2.75, 3.05) is 37.6 Å². The molecule has 2 aromatic heterocycles. The number of rotatable bonds is 5. The van der Waals surface area contributed by atoms with E-state index >= 15 is 0 Å². The Balaban J connectivity index is 1.48. The molecule has 1 aromatic carbocycles. The molecule has 0 atom stereocenters. The van der Waals surface area contributed by atoms with Gasteiger partial charge in [0, 0.05) is 38.3 Å². The number of carbonyl (C=O) groups is 1. The average Bonchev–Trinajstić information content (AvgIpc) is 3.35. The molecule has 1 fully saturated rings. The lowest BCUT2D eigenvalue weighted by Gasteiger charge is -2.33. The van der Waals surface area contributed by atoms with Gasteiger partial charge < -0.3 is 14.5 Å². The summed E-state index contributed by atoms with van der Waals surface area (Å²) < 4.78 is 6.33. The highest BCUT2D eigenvalue weighted by Gasteiger charge is 2.20. The fraction of sp³-hybridized carbons (Fsp3) is 0.333. The predicted molar refractivity (Wildman–Crippen MR) is 110 cm³/mol. The monoisotopic (exact) mass is 418 g/mol. The highest BCUT2D eigenvalue weighted by Crippen LogP contribution is 2.32. The van der Waals surface area contributed by atoms with Crippen molar-refractivity contribution in [2.24, 2.45) is 0 Å². The molecule has 1 aliphatic rings. The third-order valence-corrected chi connectivity index (χ3v) is 6.72. The van der Waals surface area contributed by atoms with E-state index in [-0.39, 0.29) is 9.88 Å². The Labute approximate surface area is 169 Å². The van der Waals surface area contributed by atoms with E-state index in [9.17, 15) is 14.9 Å². The van der Waals surface area contributed by atoms with E-state index in [1.165, 1.54) is 12.1 Å². The number of piperazine rings is 1. The molecule has 0 aliphatic carbocycles. The van der Waals surface area contributed by atoms with E-state index in [4.69, 9.17) is 9.72 Å². The van der Waals surface area contributed by atoms with Gasteiger partial charge in [-0.3, -0.25) is 10.1 Å². The first kappa shape index (κ1) is 18.8. The van der Waals surface area contributed by atoms with Gasteiger partial charge in [0.2, 0.25) is 0 Å². The van der Waals surface area contributed by atoms with E-state index in [0.717, 1.165) is 59.4 Å². The summed E-state index contributed by atoms with van der Waals surface area (Å²) >= 11 is 2.38. The minimum atomic E-state index is -0.599. The number of hydrogen-bond donors (Lipinski definition) is 0. The maximum Gasteiger partial charge on any atom is 0.353 e. The number of hydrogen-bond acceptors (Lipinski definition) is 9. The topological polar surface area (TPSA) is 88.8 Å². The van der Waals surface area contributed by atoms with Gasteiger partial charge in [-0.1, -0.05) is 29.6 Å². The second-order valence-electron chi connectivity index (χ2n) is 6.33. The number of benzene rings is 1. The van der Waals surface area contributed by atoms with Crippen LogP contribution in [0, 0.1) is 10.1 Å². The molecule has 3 heterocycles. The second-order valence-corrected chi connectivity index (χ2v) is 8.40. The smallest absolute Gasteiger partial charge is 0.353 e. The van der Waals surface area contributed by atoms with Crippen LogP contribution in [0.4, 0.5) is 10.1 Å². The summed E-state index contributed by atoms with van der Waals surface area (Å²) in [5.74, 6) is -0.197. The number of carbonyl (C=O) groups excluding carboxylic acids is 1. The molecule has 0 saturated carbocycles. The number of nitrogens with zero attached hydrogens (tertiary/aromatic N) is 4. The van der Waals surface area contributed by atoms with Crippen molar-refractivity contribution in [1.29, 1.82) is 0 Å². The molecule has 10 heteroatoms. The summed E-state index contributed by atoms with van der Waals surface area (Å²) in [5, 5.41) is 11.7. The lowest BCUT2D eigenvalue weighted by molar-refractivity contribution is -0.380. The summed E-state index contributed by atoms with van der Waals surface area (Å²) in [4.78, 5) is 32.1. The van der Waals surface area contributed by atoms with Gasteiger partial charge in [0.25, 0.3) is 0 Å². The van der Waals surface area contributed by atoms with Gasteiger partial charge in [0.1, 0.15) is 10.6 Å². The molecule has 0 unspecified atom stereocenters. The standard InChI is InChI=1S/C18H18N4O4S2/c1-2-20-7-9-21(10-8-20)18-19-13-4-3-12(11-15(13)28-18)26-17(23)14-5-6-16(27-14)22(24)25/h3-6,11H,2,7-10H2,1H3. The van der Waals surface area contributed by atoms with Gasteiger partial charge in [-0.25, -0.2) is 9.78 Å². The fourth-order valence-electron chi connectivity index (χ4n) is 3.04. The van der Waals surface area contributed by atoms with E-state index in [1.54, 1.807) is 23.5 Å². The maximum absolute atomic E-state index is 12.2. The third-order valence-electron chi connectivity index (χ3n) is 4.62. The van der Waals surface area contributed by atoms with E-state index < -0.39 is 10.9 Å². The zero-order chi connectivity index (χ0) is 19.7. The predicted octanol–water partition coefficient (Wildman–Crippen LogP) is 3.63. The number of fused-ring (bicyclic) bond motifs is 1. The van der Waals surface area contributed by atoms with Gasteiger partial charge in [0.05, 0.1) is 15.1 Å². The number of anilines is 1. The highest BCUT2D eigenvalue weighted by molar-refractivity contribution is 7.22. The van der Waals surface area contributed by atoms with Gasteiger partial charge in [-0.05, 0) is 24.7 Å². The number of thiazole rings is 1. The molecule has 0 bridgehead atoms. The first-order valence-corrected chi connectivity index (χ1v) is 10.5. The first-order valence-electron chi connectivity index (χ1n) is 8.88. The molecule has 146 valence electrons. The summed E-state index contributed by atoms with van der Waals surface area (Å²) in [6.07, 6.45) is 0. The van der Waals surface area contributed by atoms with Crippen molar-refractivity contribution in [2.45, 2.75) is 6.92 Å². The van der Waals surface area contributed by atoms with Gasteiger partial charge >= 0.3 is 11.0 Å². The quantitative estimate of drug-likeness (QED) is 0.270. The zero-order valence-electron chi connectivity index (χ0n) is 15.2. The Morgan fingerprint density at radius 3 is 2.68 bits per heavy atom. The minimum Gasteiger partial charge on any atom is -0.422 e. The molecule has 4 rings (SSSR count). The Kier molecular flexibility index (Phi) is 5.25. The van der Waals surface area contributed by atoms with E-state index in [1.807, 2.05) is 6.07 Å². The van der Waals surface area contributed by atoms with Crippen LogP contribution in [0.15, 0.2) is 30.3 Å². The molecule has 0 N–H and O–H groups in total. The SMILES string of the molecule is CCN1CCN(c2nc3ccc(OC(=O)c4ccc([N+](=O)[O-])s4)cc3s2)CC1. The number of thiophene rings is 1. The molecule has 0 amide bonds. The van der Waals surface area contributed by atoms with Crippen molar-refractivity contribution in [3.05, 3.63) is 45.3 Å². The third kappa shape index (κ3) is 3.84. The van der Waals surface area contributed by atoms with Crippen LogP contribution in [0.1, 0.15) is 16.6 Å². The van der Waals surface area contributed by atoms with Crippen LogP contribution in [-0.4, -0.2) is 53.5 Å². The molecule has 1 aliphatic heterocycles. The van der Waals surface area contributed by atoms with Gasteiger partial charge in [-0.2, -0.15) is 0 Å². The molecule has 8 nitrogen and oxygen atoms in total. The largest absolute Gasteiger partial charge is 0.422 e. The number of ether oxygens (including phenoxy) is 1. The Bertz CT molecular complexity index is 1020. The number of esters is 1. The number of nitro groups is 1. The maximum atomic E-state index is 12.2. The normalized spacial score (nSPS) is 15.1. The molecule has 0 spiro atoms. The van der Waals surface area contributed by atoms with Crippen LogP contribution in [0.3, 0.4) is 0 Å². The minimum absolute atomic E-state index is 0.0855. The van der Waals surface area contributed by atoms with Crippen molar-refractivity contribution in [3.63, 3.8) is 0 Å². The summed E-state index contributed by atoms with van der Waals surface area (Å²) in [7, 11) is 0. The Morgan fingerprint density at radius 2 is 2.00 bits per heavy atom. The van der Waals surface area contributed by atoms with Crippen LogP contribution in [0.5, 0.6) is 5.75 Å². The molecule has 3 aromatic rings. The van der Waals surface area contributed by atoms with Gasteiger partial charge in [-0.15, -0.1) is 0 Å². The summed E-state index contributed by atoms with van der Waals surface area (Å²) in [6, 6.07) is 8.03. The molecular weight excluding hydrogens is 400 g/mol. The van der Waals surface area contributed by atoms with Crippen LogP contribution in [0.2, 0.25) is 0 Å². The summed E-state index contributed by atoms with van der Waals surface area (Å²) in [6.45, 7) is 7.20. The number of likely N-dealkylation sites (N-methyl/N-ethyl adjacent to an activating group) is 1. The van der Waals surface area contributed by atoms with Gasteiger partial charge in [0.15, 0.2) is 5.13 Å². The van der Waals surface area contributed by atoms with Crippen molar-refractivity contribution >= 4 is 49.0 Å². The van der Waals surface area contributed by atoms with Crippen molar-refractivity contribution in [3.8, 4) is 5.75 Å². The van der Waals surface area contributed by atoms with Crippen molar-refractivity contribution in [1.82, 2.24) is 9.88 Å². The molecule has 28 heavy (non-hydrogen) atoms. The lowest BCUT2D eigenvalue weighted by atomic mass is 10.3. The molecular formula is C18H18N4O4S2. The average molecular weight is 419 g/mol. The highest BCUT2D eigenvalue weighted by atomic mass is 32.1. The van der Waals surface area contributed by atoms with Crippen LogP contribution in [0.25, 0.3) is 10.2 Å². The fourth-order valence-corrected chi connectivity index (χ4v) is 4.78. The Hall–Kier alpha value is -2.56. The Morgan fingerprint density at radius 1 is 1.21 bits per heavy atom. The lowest BCUT2D eigenvalue weighted by Crippen LogP contribution is -2.46. The van der Waals surface area contributed by atoms with Crippen LogP contribution < -0.4 is 9.64 Å². The second kappa shape index (κ2) is 7.82. The van der Waals surface area contributed by atoms with E-state index in [0.29, 0.717) is 5.75 Å². The van der Waals surface area contributed by atoms with Crippen LogP contribution >= 0.6 is 22.7 Å². The molecule has 1 saturated heterocycles.